The van der Waals surface area contributed by atoms with E-state index in [1.807, 2.05) is 0 Å². The molecular formula is C22H18Cl2N2O5S. The molecule has 0 amide bonds. The lowest BCUT2D eigenvalue weighted by Crippen LogP contribution is -2.22. The molecule has 166 valence electrons. The van der Waals surface area contributed by atoms with Gasteiger partial charge in [0.05, 0.1) is 15.6 Å². The molecule has 0 saturated heterocycles. The number of halogens is 2. The molecule has 4 rings (SSSR count). The molecular weight excluding hydrogens is 475 g/mol. The van der Waals surface area contributed by atoms with E-state index in [0.717, 1.165) is 0 Å². The summed E-state index contributed by atoms with van der Waals surface area (Å²) >= 11 is 12.0. The summed E-state index contributed by atoms with van der Waals surface area (Å²) in [6, 6.07) is 12.5. The molecule has 32 heavy (non-hydrogen) atoms. The number of furan rings is 1. The van der Waals surface area contributed by atoms with Crippen molar-refractivity contribution in [1.29, 1.82) is 0 Å². The quantitative estimate of drug-likeness (QED) is 0.302. The van der Waals surface area contributed by atoms with Crippen molar-refractivity contribution in [3.8, 4) is 5.75 Å². The van der Waals surface area contributed by atoms with Gasteiger partial charge in [0, 0.05) is 22.6 Å². The van der Waals surface area contributed by atoms with Gasteiger partial charge in [-0.15, -0.1) is 0 Å². The van der Waals surface area contributed by atoms with E-state index in [1.165, 1.54) is 24.3 Å². The SMILES string of the molecule is Cc1c(C(=O)Oc2ccc(Cl)cc2Cl)oc2c1/C(=N/NS(=O)(=O)c1ccccc1)CCC2. The lowest BCUT2D eigenvalue weighted by Gasteiger charge is -2.14. The van der Waals surface area contributed by atoms with Gasteiger partial charge in [0.1, 0.15) is 11.5 Å². The van der Waals surface area contributed by atoms with Crippen LogP contribution < -0.4 is 9.57 Å². The number of esters is 1. The molecule has 1 aromatic heterocycles. The molecule has 1 heterocycles. The van der Waals surface area contributed by atoms with Crippen molar-refractivity contribution < 1.29 is 22.4 Å². The van der Waals surface area contributed by atoms with Crippen LogP contribution in [0.4, 0.5) is 0 Å². The van der Waals surface area contributed by atoms with Crippen LogP contribution in [-0.2, 0) is 16.4 Å². The van der Waals surface area contributed by atoms with Gasteiger partial charge in [-0.25, -0.2) is 4.79 Å². The van der Waals surface area contributed by atoms with E-state index in [2.05, 4.69) is 9.93 Å². The van der Waals surface area contributed by atoms with Gasteiger partial charge in [-0.2, -0.15) is 18.4 Å². The second kappa shape index (κ2) is 8.97. The molecule has 3 aromatic rings. The Kier molecular flexibility index (Phi) is 6.28. The van der Waals surface area contributed by atoms with Crippen LogP contribution >= 0.6 is 23.2 Å². The van der Waals surface area contributed by atoms with Crippen molar-refractivity contribution in [1.82, 2.24) is 4.83 Å². The molecule has 0 radical (unpaired) electrons. The van der Waals surface area contributed by atoms with Crippen LogP contribution in [0.15, 0.2) is 62.9 Å². The summed E-state index contributed by atoms with van der Waals surface area (Å²) in [5.74, 6) is 0.00628. The average Bonchev–Trinajstić information content (AvgIpc) is 3.12. The highest BCUT2D eigenvalue weighted by Crippen LogP contribution is 2.32. The Morgan fingerprint density at radius 3 is 2.59 bits per heavy atom. The summed E-state index contributed by atoms with van der Waals surface area (Å²) in [5.41, 5.74) is 1.63. The lowest BCUT2D eigenvalue weighted by atomic mass is 9.93. The molecule has 0 atom stereocenters. The number of carbonyl (C=O) groups is 1. The summed E-state index contributed by atoms with van der Waals surface area (Å²) in [4.78, 5) is 15.1. The van der Waals surface area contributed by atoms with Gasteiger partial charge in [-0.05, 0) is 50.1 Å². The van der Waals surface area contributed by atoms with Crippen LogP contribution in [0.25, 0.3) is 0 Å². The van der Waals surface area contributed by atoms with E-state index in [9.17, 15) is 13.2 Å². The number of ether oxygens (including phenoxy) is 1. The summed E-state index contributed by atoms with van der Waals surface area (Å²) in [6.45, 7) is 1.70. The third-order valence-corrected chi connectivity index (χ3v) is 6.72. The summed E-state index contributed by atoms with van der Waals surface area (Å²) in [6.07, 6.45) is 1.82. The van der Waals surface area contributed by atoms with Gasteiger partial charge >= 0.3 is 5.97 Å². The maximum atomic E-state index is 12.7. The maximum Gasteiger partial charge on any atom is 0.379 e. The largest absolute Gasteiger partial charge is 0.453 e. The minimum atomic E-state index is -3.82. The molecule has 1 aliphatic rings. The number of fused-ring (bicyclic) bond motifs is 1. The van der Waals surface area contributed by atoms with Gasteiger partial charge < -0.3 is 9.15 Å². The Morgan fingerprint density at radius 2 is 1.88 bits per heavy atom. The van der Waals surface area contributed by atoms with Gasteiger partial charge in [0.2, 0.25) is 5.76 Å². The monoisotopic (exact) mass is 492 g/mol. The molecule has 1 N–H and O–H groups in total. The van der Waals surface area contributed by atoms with Crippen LogP contribution in [0.5, 0.6) is 5.75 Å². The van der Waals surface area contributed by atoms with E-state index >= 15 is 0 Å². The minimum absolute atomic E-state index is 0.0153. The van der Waals surface area contributed by atoms with Crippen LogP contribution in [-0.4, -0.2) is 20.1 Å². The Hall–Kier alpha value is -2.81. The number of hydrogen-bond acceptors (Lipinski definition) is 6. The average molecular weight is 493 g/mol. The first-order valence-electron chi connectivity index (χ1n) is 9.69. The zero-order valence-corrected chi connectivity index (χ0v) is 19.2. The maximum absolute atomic E-state index is 12.7. The molecule has 7 nitrogen and oxygen atoms in total. The Labute approximate surface area is 195 Å². The van der Waals surface area contributed by atoms with E-state index in [4.69, 9.17) is 32.4 Å². The number of hydrazone groups is 1. The molecule has 0 aliphatic heterocycles. The molecule has 2 aromatic carbocycles. The molecule has 0 bridgehead atoms. The van der Waals surface area contributed by atoms with Crippen LogP contribution in [0.1, 0.15) is 40.3 Å². The van der Waals surface area contributed by atoms with Gasteiger partial charge in [-0.3, -0.25) is 0 Å². The highest BCUT2D eigenvalue weighted by molar-refractivity contribution is 7.89. The first-order valence-corrected chi connectivity index (χ1v) is 11.9. The molecule has 0 fully saturated rings. The van der Waals surface area contributed by atoms with Crippen molar-refractivity contribution in [3.63, 3.8) is 0 Å². The van der Waals surface area contributed by atoms with Crippen molar-refractivity contribution >= 4 is 44.9 Å². The highest BCUT2D eigenvalue weighted by Gasteiger charge is 2.29. The van der Waals surface area contributed by atoms with Gasteiger partial charge in [0.15, 0.2) is 0 Å². The predicted molar refractivity (Wildman–Crippen MR) is 121 cm³/mol. The van der Waals surface area contributed by atoms with Gasteiger partial charge in [0.25, 0.3) is 10.0 Å². The van der Waals surface area contributed by atoms with Crippen molar-refractivity contribution in [3.05, 3.63) is 81.2 Å². The smallest absolute Gasteiger partial charge is 0.379 e. The molecule has 0 unspecified atom stereocenters. The fourth-order valence-corrected chi connectivity index (χ4v) is 4.74. The molecule has 0 spiro atoms. The Balaban J connectivity index is 1.61. The first-order chi connectivity index (χ1) is 15.3. The fraction of sp³-hybridized carbons (Fsp3) is 0.182. The van der Waals surface area contributed by atoms with E-state index in [0.29, 0.717) is 46.9 Å². The Morgan fingerprint density at radius 1 is 1.12 bits per heavy atom. The van der Waals surface area contributed by atoms with Crippen LogP contribution in [0.2, 0.25) is 10.0 Å². The first kappa shape index (κ1) is 22.4. The number of hydrogen-bond donors (Lipinski definition) is 1. The van der Waals surface area contributed by atoms with E-state index in [1.54, 1.807) is 31.2 Å². The predicted octanol–water partition coefficient (Wildman–Crippen LogP) is 5.13. The summed E-state index contributed by atoms with van der Waals surface area (Å²) in [7, 11) is -3.82. The molecule has 1 aliphatic carbocycles. The second-order valence-corrected chi connectivity index (χ2v) is 9.64. The number of benzene rings is 2. The number of carbonyl (C=O) groups excluding carboxylic acids is 1. The number of aryl methyl sites for hydroxylation is 1. The second-order valence-electron chi connectivity index (χ2n) is 7.14. The van der Waals surface area contributed by atoms with Crippen molar-refractivity contribution in [2.75, 3.05) is 0 Å². The Bertz CT molecular complexity index is 1320. The van der Waals surface area contributed by atoms with Crippen molar-refractivity contribution in [2.24, 2.45) is 5.10 Å². The topological polar surface area (TPSA) is 98.0 Å². The zero-order chi connectivity index (χ0) is 22.9. The van der Waals surface area contributed by atoms with Gasteiger partial charge in [-0.1, -0.05) is 41.4 Å². The zero-order valence-electron chi connectivity index (χ0n) is 16.9. The van der Waals surface area contributed by atoms with E-state index < -0.39 is 16.0 Å². The lowest BCUT2D eigenvalue weighted by molar-refractivity contribution is 0.0698. The normalized spacial score (nSPS) is 14.8. The molecule has 10 heteroatoms. The summed E-state index contributed by atoms with van der Waals surface area (Å²) < 4.78 is 36.2. The number of sulfonamides is 1. The van der Waals surface area contributed by atoms with E-state index in [-0.39, 0.29) is 21.4 Å². The van der Waals surface area contributed by atoms with Crippen molar-refractivity contribution in [2.45, 2.75) is 31.1 Å². The third-order valence-electron chi connectivity index (χ3n) is 4.96. The number of nitrogens with one attached hydrogen (secondary N) is 1. The van der Waals surface area contributed by atoms with Crippen LogP contribution in [0.3, 0.4) is 0 Å². The number of rotatable bonds is 5. The van der Waals surface area contributed by atoms with Crippen LogP contribution in [0, 0.1) is 6.92 Å². The number of nitrogens with zero attached hydrogens (tertiary/aromatic N) is 1. The third kappa shape index (κ3) is 4.53. The standard InChI is InChI=1S/C22H18Cl2N2O5S/c1-13-20-17(25-26-32(28,29)15-6-3-2-4-7-15)8-5-9-19(20)30-21(13)22(27)31-18-11-10-14(23)12-16(18)24/h2-4,6-7,10-12,26H,5,8-9H2,1H3/b25-17+. The minimum Gasteiger partial charge on any atom is -0.453 e. The highest BCUT2D eigenvalue weighted by atomic mass is 35.5. The summed E-state index contributed by atoms with van der Waals surface area (Å²) in [5, 5.41) is 4.75. The molecule has 0 saturated carbocycles. The fourth-order valence-electron chi connectivity index (χ4n) is 3.45.